The van der Waals surface area contributed by atoms with Crippen molar-refractivity contribution < 1.29 is 57.6 Å². The van der Waals surface area contributed by atoms with E-state index in [1.54, 1.807) is 6.07 Å². The molecule has 12 heteroatoms. The second-order valence-corrected chi connectivity index (χ2v) is 7.96. The number of rotatable bonds is 8. The van der Waals surface area contributed by atoms with E-state index in [1.807, 2.05) is 18.8 Å². The summed E-state index contributed by atoms with van der Waals surface area (Å²) in [7, 11) is 0. The van der Waals surface area contributed by atoms with Gasteiger partial charge in [0, 0.05) is 24.6 Å². The summed E-state index contributed by atoms with van der Waals surface area (Å²) in [6.07, 6.45) is 2.40. The van der Waals surface area contributed by atoms with Gasteiger partial charge in [-0.1, -0.05) is 49.9 Å². The van der Waals surface area contributed by atoms with Gasteiger partial charge in [-0.05, 0) is 47.1 Å². The normalized spacial score (nSPS) is 13.3. The van der Waals surface area contributed by atoms with E-state index in [-0.39, 0.29) is 54.8 Å². The van der Waals surface area contributed by atoms with Crippen molar-refractivity contribution in [2.45, 2.75) is 59.0 Å². The van der Waals surface area contributed by atoms with Crippen molar-refractivity contribution in [2.75, 3.05) is 23.5 Å². The van der Waals surface area contributed by atoms with Gasteiger partial charge in [-0.25, -0.2) is 9.59 Å². The summed E-state index contributed by atoms with van der Waals surface area (Å²) in [6.45, 7) is 4.65. The van der Waals surface area contributed by atoms with Gasteiger partial charge in [0.1, 0.15) is 6.04 Å². The molecule has 10 nitrogen and oxygen atoms in total. The fourth-order valence-corrected chi connectivity index (χ4v) is 3.21. The number of hydrogen-bond donors (Lipinski definition) is 6. The number of hydrogen-bond acceptors (Lipinski definition) is 9. The summed E-state index contributed by atoms with van der Waals surface area (Å²) < 4.78 is 10.0. The molecule has 1 aliphatic rings. The SMILES string of the molecule is C.CCCOC(=O)C1Cc2cc(O)c(O)cc2N1.CCCOC(=O)[C@@H]([NH3+])Cc1ccc(O)c(O)c1.CI.[Cl-]. The number of aromatic hydroxyl groups is 4. The lowest BCUT2D eigenvalue weighted by atomic mass is 10.1. The van der Waals surface area contributed by atoms with Crippen molar-refractivity contribution >= 4 is 40.2 Å². The second kappa shape index (κ2) is 19.4. The molecule has 0 spiro atoms. The highest BCUT2D eigenvalue weighted by Gasteiger charge is 2.29. The molecule has 0 aromatic heterocycles. The molecule has 0 fully saturated rings. The lowest BCUT2D eigenvalue weighted by Crippen LogP contribution is -3.00. The Kier molecular flexibility index (Phi) is 19.2. The lowest BCUT2D eigenvalue weighted by molar-refractivity contribution is -0.407. The first-order valence-corrected chi connectivity index (χ1v) is 13.7. The molecule has 8 N–H and O–H groups in total. The Morgan fingerprint density at radius 1 is 0.974 bits per heavy atom. The molecule has 216 valence electrons. The molecule has 2 aromatic carbocycles. The monoisotopic (exact) mass is 670 g/mol. The second-order valence-electron chi connectivity index (χ2n) is 7.96. The summed E-state index contributed by atoms with van der Waals surface area (Å²) in [6, 6.07) is 6.38. The number of ether oxygens (including phenoxy) is 2. The average molecular weight is 671 g/mol. The van der Waals surface area contributed by atoms with Crippen molar-refractivity contribution in [2.24, 2.45) is 0 Å². The molecule has 0 bridgehead atoms. The molecule has 2 atom stereocenters. The van der Waals surface area contributed by atoms with E-state index in [4.69, 9.17) is 14.6 Å². The van der Waals surface area contributed by atoms with Crippen LogP contribution in [0.15, 0.2) is 30.3 Å². The van der Waals surface area contributed by atoms with E-state index >= 15 is 0 Å². The molecular formula is C26H40ClIN2O8. The van der Waals surface area contributed by atoms with Gasteiger partial charge >= 0.3 is 11.9 Å². The highest BCUT2D eigenvalue weighted by atomic mass is 127. The molecule has 0 amide bonds. The zero-order valence-corrected chi connectivity index (χ0v) is 24.1. The maximum absolute atomic E-state index is 11.6. The van der Waals surface area contributed by atoms with Crippen LogP contribution in [0.2, 0.25) is 0 Å². The molecule has 1 aliphatic heterocycles. The van der Waals surface area contributed by atoms with Gasteiger partial charge in [0.25, 0.3) is 0 Å². The number of nitrogens with one attached hydrogen (secondary N) is 1. The first-order valence-electron chi connectivity index (χ1n) is 11.5. The fourth-order valence-electron chi connectivity index (χ4n) is 3.21. The minimum atomic E-state index is -0.509. The maximum Gasteiger partial charge on any atom is 0.365 e. The minimum Gasteiger partial charge on any atom is -1.00 e. The molecule has 38 heavy (non-hydrogen) atoms. The van der Waals surface area contributed by atoms with Gasteiger partial charge in [-0.15, -0.1) is 0 Å². The fraction of sp³-hybridized carbons (Fsp3) is 0.462. The highest BCUT2D eigenvalue weighted by Crippen LogP contribution is 2.36. The average Bonchev–Trinajstić information content (AvgIpc) is 3.27. The van der Waals surface area contributed by atoms with Crippen LogP contribution in [0.3, 0.4) is 0 Å². The van der Waals surface area contributed by atoms with E-state index in [9.17, 15) is 24.9 Å². The van der Waals surface area contributed by atoms with Crippen molar-refractivity contribution in [1.29, 1.82) is 0 Å². The van der Waals surface area contributed by atoms with Gasteiger partial charge in [0.2, 0.25) is 0 Å². The molecule has 0 saturated heterocycles. The molecule has 2 aromatic rings. The summed E-state index contributed by atoms with van der Waals surface area (Å²) in [5.41, 5.74) is 5.92. The van der Waals surface area contributed by atoms with Crippen LogP contribution in [0.5, 0.6) is 23.0 Å². The molecule has 0 radical (unpaired) electrons. The maximum atomic E-state index is 11.6. The molecule has 3 rings (SSSR count). The molecule has 1 unspecified atom stereocenters. The predicted octanol–water partition coefficient (Wildman–Crippen LogP) is 0.283. The van der Waals surface area contributed by atoms with Crippen molar-refractivity contribution in [3.63, 3.8) is 0 Å². The van der Waals surface area contributed by atoms with Crippen molar-refractivity contribution in [3.8, 4) is 23.0 Å². The number of phenolic OH excluding ortho intramolecular Hbond substituents is 4. The number of anilines is 1. The van der Waals surface area contributed by atoms with E-state index in [0.29, 0.717) is 31.7 Å². The van der Waals surface area contributed by atoms with Crippen LogP contribution in [0.25, 0.3) is 0 Å². The van der Waals surface area contributed by atoms with Crippen LogP contribution >= 0.6 is 22.6 Å². The molecule has 0 aliphatic carbocycles. The minimum absolute atomic E-state index is 0. The Hall–Kier alpha value is -2.64. The zero-order valence-electron chi connectivity index (χ0n) is 21.2. The largest absolute Gasteiger partial charge is 1.00 e. The zero-order chi connectivity index (χ0) is 27.3. The predicted molar refractivity (Wildman–Crippen MR) is 150 cm³/mol. The number of carbonyl (C=O) groups is 2. The van der Waals surface area contributed by atoms with Crippen LogP contribution in [0.1, 0.15) is 45.2 Å². The number of carbonyl (C=O) groups excluding carboxylic acids is 2. The first kappa shape index (κ1) is 37.5. The third-order valence-corrected chi connectivity index (χ3v) is 4.99. The first-order chi connectivity index (χ1) is 17.2. The number of fused-ring (bicyclic) bond motifs is 1. The number of alkyl halides is 1. The third kappa shape index (κ3) is 11.8. The van der Waals surface area contributed by atoms with Gasteiger partial charge < -0.3 is 53.4 Å². The standard InChI is InChI=1S/C12H15NO4.C12H17NO4.CH3I.CH4.ClH/c1-2-3-17-12(16)9-4-7-5-10(14)11(15)6-8(7)13-9;1-2-5-17-12(16)9(13)6-8-3-4-10(14)11(15)7-8;1-2;;/h5-6,9,13-15H,2-4H2,1H3;3-4,7,9,14-15H,2,5-6,13H2,1H3;1H3;1H4;1H/t;9-;;;/m.0.../s1. The van der Waals surface area contributed by atoms with Crippen LogP contribution in [-0.4, -0.2) is 62.6 Å². The Labute approximate surface area is 244 Å². The third-order valence-electron chi connectivity index (χ3n) is 4.99. The van der Waals surface area contributed by atoms with Crippen molar-refractivity contribution in [1.82, 2.24) is 0 Å². The van der Waals surface area contributed by atoms with Crippen LogP contribution in [-0.2, 0) is 31.9 Å². The summed E-state index contributed by atoms with van der Waals surface area (Å²) in [4.78, 5) is 25.1. The Morgan fingerprint density at radius 3 is 2.11 bits per heavy atom. The summed E-state index contributed by atoms with van der Waals surface area (Å²) >= 11 is 2.15. The summed E-state index contributed by atoms with van der Waals surface area (Å²) in [5, 5.41) is 40.1. The highest BCUT2D eigenvalue weighted by molar-refractivity contribution is 14.1. The Morgan fingerprint density at radius 2 is 1.53 bits per heavy atom. The lowest BCUT2D eigenvalue weighted by Gasteiger charge is -2.10. The van der Waals surface area contributed by atoms with E-state index in [1.165, 1.54) is 24.3 Å². The number of esters is 2. The van der Waals surface area contributed by atoms with Crippen LogP contribution in [0, 0.1) is 0 Å². The van der Waals surface area contributed by atoms with E-state index in [0.717, 1.165) is 24.0 Å². The number of phenols is 4. The van der Waals surface area contributed by atoms with Gasteiger partial charge in [0.15, 0.2) is 29.0 Å². The van der Waals surface area contributed by atoms with E-state index < -0.39 is 12.1 Å². The Balaban J connectivity index is 0. The van der Waals surface area contributed by atoms with Crippen molar-refractivity contribution in [3.05, 3.63) is 41.5 Å². The Bertz CT molecular complexity index is 978. The topological polar surface area (TPSA) is 173 Å². The smallest absolute Gasteiger partial charge is 0.365 e. The van der Waals surface area contributed by atoms with Crippen LogP contribution < -0.4 is 23.5 Å². The van der Waals surface area contributed by atoms with Gasteiger partial charge in [0.05, 0.1) is 13.2 Å². The van der Waals surface area contributed by atoms with Gasteiger partial charge in [-0.3, -0.25) is 0 Å². The summed E-state index contributed by atoms with van der Waals surface area (Å²) in [5.74, 6) is -1.40. The number of halogens is 2. The molecular weight excluding hydrogens is 631 g/mol. The van der Waals surface area contributed by atoms with E-state index in [2.05, 4.69) is 33.6 Å². The molecule has 1 heterocycles. The molecule has 0 saturated carbocycles. The van der Waals surface area contributed by atoms with Gasteiger partial charge in [-0.2, -0.15) is 0 Å². The number of benzene rings is 2. The quantitative estimate of drug-likeness (QED) is 0.0759. The van der Waals surface area contributed by atoms with Crippen LogP contribution in [0.4, 0.5) is 5.69 Å². The number of quaternary nitrogens is 1.